The van der Waals surface area contributed by atoms with Crippen molar-refractivity contribution in [2.75, 3.05) is 26.2 Å². The molecule has 0 radical (unpaired) electrons. The summed E-state index contributed by atoms with van der Waals surface area (Å²) in [5.41, 5.74) is 7.95. The van der Waals surface area contributed by atoms with Crippen LogP contribution in [0.3, 0.4) is 0 Å². The number of hydrogen-bond acceptors (Lipinski definition) is 6. The normalized spacial score (nSPS) is 17.1. The molecule has 4 rings (SSSR count). The van der Waals surface area contributed by atoms with Gasteiger partial charge in [0, 0.05) is 31.7 Å². The van der Waals surface area contributed by atoms with Crippen molar-refractivity contribution in [3.8, 4) is 11.4 Å². The molecule has 1 aromatic heterocycles. The minimum atomic E-state index is -0.621. The predicted octanol–water partition coefficient (Wildman–Crippen LogP) is 2.64. The Morgan fingerprint density at radius 2 is 1.62 bits per heavy atom. The average molecular weight is 391 g/mol. The molecule has 29 heavy (non-hydrogen) atoms. The van der Waals surface area contributed by atoms with Crippen LogP contribution in [-0.4, -0.2) is 52.0 Å². The minimum Gasteiger partial charge on any atom is -0.338 e. The highest BCUT2D eigenvalue weighted by Crippen LogP contribution is 2.24. The molecule has 2 N–H and O–H groups in total. The van der Waals surface area contributed by atoms with Gasteiger partial charge in [0.05, 0.1) is 6.04 Å². The van der Waals surface area contributed by atoms with E-state index in [0.717, 1.165) is 24.2 Å². The van der Waals surface area contributed by atoms with E-state index in [1.165, 1.54) is 0 Å². The number of carbonyl (C=O) groups excluding carboxylic acids is 1. The number of aromatic nitrogens is 2. The molecule has 3 aromatic rings. The summed E-state index contributed by atoms with van der Waals surface area (Å²) in [4.78, 5) is 21.4. The number of hydrogen-bond donors (Lipinski definition) is 1. The Balaban J connectivity index is 1.36. The molecule has 0 bridgehead atoms. The average Bonchev–Trinajstić information content (AvgIpc) is 3.29. The molecule has 150 valence electrons. The van der Waals surface area contributed by atoms with Crippen LogP contribution in [0.1, 0.15) is 30.5 Å². The molecule has 1 saturated heterocycles. The van der Waals surface area contributed by atoms with E-state index in [1.807, 2.05) is 65.6 Å². The molecule has 1 aliphatic heterocycles. The van der Waals surface area contributed by atoms with E-state index in [4.69, 9.17) is 10.3 Å². The van der Waals surface area contributed by atoms with Gasteiger partial charge in [-0.05, 0) is 12.5 Å². The van der Waals surface area contributed by atoms with E-state index in [1.54, 1.807) is 0 Å². The number of benzene rings is 2. The zero-order chi connectivity index (χ0) is 20.2. The van der Waals surface area contributed by atoms with E-state index >= 15 is 0 Å². The van der Waals surface area contributed by atoms with Gasteiger partial charge in [0.25, 0.3) is 0 Å². The number of nitrogens with zero attached hydrogens (tertiary/aromatic N) is 4. The molecule has 0 aliphatic carbocycles. The zero-order valence-electron chi connectivity index (χ0n) is 16.4. The summed E-state index contributed by atoms with van der Waals surface area (Å²) in [6.45, 7) is 4.77. The second kappa shape index (κ2) is 8.55. The molecule has 2 heterocycles. The van der Waals surface area contributed by atoms with Crippen LogP contribution in [0.4, 0.5) is 0 Å². The number of carbonyl (C=O) groups is 1. The van der Waals surface area contributed by atoms with Crippen molar-refractivity contribution in [1.82, 2.24) is 19.9 Å². The van der Waals surface area contributed by atoms with Gasteiger partial charge >= 0.3 is 0 Å². The lowest BCUT2D eigenvalue weighted by Crippen LogP contribution is -2.51. The standard InChI is InChI=1S/C22H25N5O2/c1-16(21-24-20(25-29-21)18-10-6-3-7-11-18)26-12-14-27(15-13-26)22(28)19(23)17-8-4-2-5-9-17/h2-11,16,19H,12-15,23H2,1H3. The maximum absolute atomic E-state index is 12.7. The van der Waals surface area contributed by atoms with Crippen molar-refractivity contribution in [1.29, 1.82) is 0 Å². The summed E-state index contributed by atoms with van der Waals surface area (Å²) in [5, 5.41) is 4.11. The summed E-state index contributed by atoms with van der Waals surface area (Å²) in [6, 6.07) is 18.6. The molecule has 2 unspecified atom stereocenters. The fourth-order valence-corrected chi connectivity index (χ4v) is 3.59. The van der Waals surface area contributed by atoms with Crippen LogP contribution in [0.25, 0.3) is 11.4 Å². The lowest BCUT2D eigenvalue weighted by atomic mass is 10.1. The number of amides is 1. The van der Waals surface area contributed by atoms with E-state index in [9.17, 15) is 4.79 Å². The summed E-state index contributed by atoms with van der Waals surface area (Å²) in [6.07, 6.45) is 0. The van der Waals surface area contributed by atoms with E-state index in [-0.39, 0.29) is 11.9 Å². The summed E-state index contributed by atoms with van der Waals surface area (Å²) in [5.74, 6) is 1.15. The zero-order valence-corrected chi connectivity index (χ0v) is 16.4. The van der Waals surface area contributed by atoms with E-state index in [0.29, 0.717) is 24.8 Å². The second-order valence-corrected chi connectivity index (χ2v) is 7.25. The molecule has 7 heteroatoms. The van der Waals surface area contributed by atoms with Gasteiger partial charge in [0.1, 0.15) is 6.04 Å². The number of piperazine rings is 1. The third-order valence-corrected chi connectivity index (χ3v) is 5.43. The Bertz CT molecular complexity index is 936. The Hall–Kier alpha value is -3.03. The Labute approximate surface area is 170 Å². The highest BCUT2D eigenvalue weighted by Gasteiger charge is 2.30. The topological polar surface area (TPSA) is 88.5 Å². The van der Waals surface area contributed by atoms with Crippen LogP contribution < -0.4 is 5.73 Å². The summed E-state index contributed by atoms with van der Waals surface area (Å²) < 4.78 is 5.50. The molecule has 1 fully saturated rings. The molecular weight excluding hydrogens is 366 g/mol. The first-order valence-electron chi connectivity index (χ1n) is 9.86. The molecule has 0 spiro atoms. The lowest BCUT2D eigenvalue weighted by molar-refractivity contribution is -0.134. The molecule has 2 atom stereocenters. The van der Waals surface area contributed by atoms with Crippen LogP contribution in [-0.2, 0) is 4.79 Å². The van der Waals surface area contributed by atoms with Crippen LogP contribution in [0, 0.1) is 0 Å². The van der Waals surface area contributed by atoms with Gasteiger partial charge in [-0.25, -0.2) is 0 Å². The smallest absolute Gasteiger partial charge is 0.244 e. The van der Waals surface area contributed by atoms with Crippen molar-refractivity contribution in [3.63, 3.8) is 0 Å². The van der Waals surface area contributed by atoms with E-state index < -0.39 is 6.04 Å². The molecular formula is C22H25N5O2. The summed E-state index contributed by atoms with van der Waals surface area (Å²) in [7, 11) is 0. The monoisotopic (exact) mass is 391 g/mol. The van der Waals surface area contributed by atoms with Crippen LogP contribution in [0.5, 0.6) is 0 Å². The van der Waals surface area contributed by atoms with Crippen molar-refractivity contribution in [2.24, 2.45) is 5.73 Å². The fraction of sp³-hybridized carbons (Fsp3) is 0.318. The van der Waals surface area contributed by atoms with Crippen LogP contribution >= 0.6 is 0 Å². The highest BCUT2D eigenvalue weighted by molar-refractivity contribution is 5.83. The van der Waals surface area contributed by atoms with Crippen molar-refractivity contribution in [3.05, 3.63) is 72.1 Å². The van der Waals surface area contributed by atoms with Gasteiger partial charge in [0.2, 0.25) is 17.6 Å². The quantitative estimate of drug-likeness (QED) is 0.719. The Kier molecular flexibility index (Phi) is 5.69. The number of nitrogens with two attached hydrogens (primary N) is 1. The van der Waals surface area contributed by atoms with Crippen molar-refractivity contribution >= 4 is 5.91 Å². The lowest BCUT2D eigenvalue weighted by Gasteiger charge is -2.37. The first kappa shape index (κ1) is 19.3. The Morgan fingerprint density at radius 1 is 1.00 bits per heavy atom. The molecule has 1 aliphatic rings. The molecule has 0 saturated carbocycles. The predicted molar refractivity (Wildman–Crippen MR) is 110 cm³/mol. The maximum atomic E-state index is 12.7. The second-order valence-electron chi connectivity index (χ2n) is 7.25. The third-order valence-electron chi connectivity index (χ3n) is 5.43. The minimum absolute atomic E-state index is 0.0139. The highest BCUT2D eigenvalue weighted by atomic mass is 16.5. The van der Waals surface area contributed by atoms with Gasteiger partial charge in [-0.3, -0.25) is 9.69 Å². The molecule has 1 amide bonds. The van der Waals surface area contributed by atoms with Gasteiger partial charge in [-0.15, -0.1) is 0 Å². The van der Waals surface area contributed by atoms with Crippen LogP contribution in [0.15, 0.2) is 65.2 Å². The Morgan fingerprint density at radius 3 is 2.28 bits per heavy atom. The third kappa shape index (κ3) is 4.21. The van der Waals surface area contributed by atoms with Gasteiger partial charge in [-0.1, -0.05) is 65.8 Å². The summed E-state index contributed by atoms with van der Waals surface area (Å²) >= 11 is 0. The van der Waals surface area contributed by atoms with Crippen LogP contribution in [0.2, 0.25) is 0 Å². The van der Waals surface area contributed by atoms with Gasteiger partial charge in [-0.2, -0.15) is 4.98 Å². The first-order chi connectivity index (χ1) is 14.1. The first-order valence-corrected chi connectivity index (χ1v) is 9.86. The van der Waals surface area contributed by atoms with Gasteiger partial charge in [0.15, 0.2) is 0 Å². The number of rotatable bonds is 5. The maximum Gasteiger partial charge on any atom is 0.244 e. The van der Waals surface area contributed by atoms with E-state index in [2.05, 4.69) is 22.0 Å². The fourth-order valence-electron chi connectivity index (χ4n) is 3.59. The van der Waals surface area contributed by atoms with Crippen molar-refractivity contribution in [2.45, 2.75) is 19.0 Å². The molecule has 2 aromatic carbocycles. The largest absolute Gasteiger partial charge is 0.338 e. The SMILES string of the molecule is CC(c1nc(-c2ccccc2)no1)N1CCN(C(=O)C(N)c2ccccc2)CC1. The van der Waals surface area contributed by atoms with Gasteiger partial charge < -0.3 is 15.2 Å². The van der Waals surface area contributed by atoms with Crippen molar-refractivity contribution < 1.29 is 9.32 Å². The molecule has 7 nitrogen and oxygen atoms in total.